The van der Waals surface area contributed by atoms with Gasteiger partial charge < -0.3 is 11.5 Å². The van der Waals surface area contributed by atoms with E-state index in [2.05, 4.69) is 46.4 Å². The van der Waals surface area contributed by atoms with Crippen LogP contribution in [-0.4, -0.2) is 9.97 Å². The van der Waals surface area contributed by atoms with Crippen molar-refractivity contribution in [1.29, 1.82) is 0 Å². The van der Waals surface area contributed by atoms with Crippen LogP contribution in [0.3, 0.4) is 0 Å². The summed E-state index contributed by atoms with van der Waals surface area (Å²) in [6.45, 7) is 0. The van der Waals surface area contributed by atoms with E-state index in [9.17, 15) is 0 Å². The van der Waals surface area contributed by atoms with Gasteiger partial charge in [0.25, 0.3) is 0 Å². The van der Waals surface area contributed by atoms with Crippen molar-refractivity contribution in [3.63, 3.8) is 0 Å². The van der Waals surface area contributed by atoms with Crippen LogP contribution in [0.1, 0.15) is 18.5 Å². The van der Waals surface area contributed by atoms with E-state index in [-0.39, 0.29) is 5.95 Å². The second-order valence-corrected chi connectivity index (χ2v) is 6.17. The monoisotopic (exact) mass is 317 g/mol. The molecule has 1 aliphatic carbocycles. The number of anilines is 2. The van der Waals surface area contributed by atoms with Crippen molar-refractivity contribution in [2.75, 3.05) is 11.5 Å². The van der Waals surface area contributed by atoms with E-state index in [4.69, 9.17) is 16.5 Å². The zero-order valence-corrected chi connectivity index (χ0v) is 13.3. The van der Waals surface area contributed by atoms with Crippen LogP contribution in [0, 0.1) is 5.92 Å². The molecule has 1 aromatic heterocycles. The average molecular weight is 317 g/mol. The highest BCUT2D eigenvalue weighted by Crippen LogP contribution is 2.32. The molecule has 5 nitrogen and oxygen atoms in total. The number of nitrogens with zero attached hydrogens (tertiary/aromatic N) is 3. The lowest BCUT2D eigenvalue weighted by Gasteiger charge is -2.22. The maximum atomic E-state index is 5.80. The molecule has 2 aromatic rings. The van der Waals surface area contributed by atoms with Crippen LogP contribution in [0.15, 0.2) is 58.7 Å². The Morgan fingerprint density at radius 2 is 2.00 bits per heavy atom. The zero-order chi connectivity index (χ0) is 16.5. The van der Waals surface area contributed by atoms with Gasteiger partial charge in [0.2, 0.25) is 5.95 Å². The second-order valence-electron chi connectivity index (χ2n) is 6.17. The largest absolute Gasteiger partial charge is 0.384 e. The van der Waals surface area contributed by atoms with Gasteiger partial charge in [-0.1, -0.05) is 30.4 Å². The van der Waals surface area contributed by atoms with Crippen molar-refractivity contribution >= 4 is 17.8 Å². The summed E-state index contributed by atoms with van der Waals surface area (Å²) in [5, 5.41) is 2.22. The predicted molar refractivity (Wildman–Crippen MR) is 95.1 cm³/mol. The van der Waals surface area contributed by atoms with Gasteiger partial charge >= 0.3 is 0 Å². The molecule has 4 rings (SSSR count). The Bertz CT molecular complexity index is 951. The maximum Gasteiger partial charge on any atom is 0.222 e. The van der Waals surface area contributed by atoms with Crippen LogP contribution in [0.5, 0.6) is 0 Å². The first-order valence-corrected chi connectivity index (χ1v) is 8.11. The van der Waals surface area contributed by atoms with E-state index in [0.29, 0.717) is 11.7 Å². The molecule has 120 valence electrons. The van der Waals surface area contributed by atoms with E-state index in [1.807, 2.05) is 6.07 Å². The van der Waals surface area contributed by atoms with Crippen molar-refractivity contribution < 1.29 is 0 Å². The summed E-state index contributed by atoms with van der Waals surface area (Å²) in [7, 11) is 0. The SMILES string of the molecule is Nc1cc(CC2CC=CC3=C2CC=c2ccccc2=N3)nc(N)n1. The molecule has 5 heteroatoms. The van der Waals surface area contributed by atoms with Crippen molar-refractivity contribution in [3.05, 3.63) is 70.0 Å². The van der Waals surface area contributed by atoms with Gasteiger partial charge in [0, 0.05) is 11.8 Å². The van der Waals surface area contributed by atoms with Gasteiger partial charge in [-0.25, -0.2) is 9.98 Å². The molecule has 0 amide bonds. The summed E-state index contributed by atoms with van der Waals surface area (Å²) >= 11 is 0. The first-order valence-electron chi connectivity index (χ1n) is 8.11. The number of para-hydroxylation sites is 1. The molecule has 1 unspecified atom stereocenters. The molecular weight excluding hydrogens is 298 g/mol. The molecule has 0 fully saturated rings. The molecule has 2 aliphatic rings. The minimum Gasteiger partial charge on any atom is -0.384 e. The molecule has 0 spiro atoms. The fraction of sp³-hybridized carbons (Fsp3) is 0.211. The Balaban J connectivity index is 1.71. The van der Waals surface area contributed by atoms with E-state index < -0.39 is 0 Å². The molecule has 1 atom stereocenters. The highest BCUT2D eigenvalue weighted by molar-refractivity contribution is 5.42. The molecule has 0 bridgehead atoms. The third kappa shape index (κ3) is 2.80. The molecule has 24 heavy (non-hydrogen) atoms. The number of nitrogens with two attached hydrogens (primary N) is 2. The van der Waals surface area contributed by atoms with Crippen LogP contribution in [-0.2, 0) is 6.42 Å². The van der Waals surface area contributed by atoms with Gasteiger partial charge in [0.15, 0.2) is 0 Å². The van der Waals surface area contributed by atoms with Gasteiger partial charge in [0.05, 0.1) is 11.1 Å². The predicted octanol–water partition coefficient (Wildman–Crippen LogP) is 1.52. The minimum absolute atomic E-state index is 0.232. The number of aromatic nitrogens is 2. The Hall–Kier alpha value is -2.95. The lowest BCUT2D eigenvalue weighted by atomic mass is 9.84. The lowest BCUT2D eigenvalue weighted by Crippen LogP contribution is -2.23. The number of allylic oxidation sites excluding steroid dienone is 3. The van der Waals surface area contributed by atoms with Gasteiger partial charge in [0.1, 0.15) is 5.82 Å². The molecule has 1 aliphatic heterocycles. The Kier molecular flexibility index (Phi) is 3.61. The zero-order valence-electron chi connectivity index (χ0n) is 13.3. The summed E-state index contributed by atoms with van der Waals surface area (Å²) in [5.41, 5.74) is 14.8. The highest BCUT2D eigenvalue weighted by atomic mass is 15.0. The summed E-state index contributed by atoms with van der Waals surface area (Å²) in [4.78, 5) is 13.1. The number of hydrogen-bond donors (Lipinski definition) is 2. The topological polar surface area (TPSA) is 90.2 Å². The van der Waals surface area contributed by atoms with E-state index in [1.165, 1.54) is 10.8 Å². The molecule has 1 aromatic carbocycles. The van der Waals surface area contributed by atoms with E-state index >= 15 is 0 Å². The van der Waals surface area contributed by atoms with Crippen molar-refractivity contribution in [3.8, 4) is 0 Å². The van der Waals surface area contributed by atoms with Crippen molar-refractivity contribution in [2.24, 2.45) is 10.9 Å². The number of fused-ring (bicyclic) bond motifs is 1. The number of nitrogen functional groups attached to an aromatic ring is 2. The first kappa shape index (κ1) is 14.6. The lowest BCUT2D eigenvalue weighted by molar-refractivity contribution is 0.587. The van der Waals surface area contributed by atoms with Crippen LogP contribution in [0.25, 0.3) is 6.08 Å². The third-order valence-corrected chi connectivity index (χ3v) is 4.51. The fourth-order valence-corrected chi connectivity index (χ4v) is 3.40. The normalized spacial score (nSPS) is 18.9. The van der Waals surface area contributed by atoms with Gasteiger partial charge in [-0.2, -0.15) is 4.98 Å². The molecule has 0 saturated carbocycles. The van der Waals surface area contributed by atoms with Crippen LogP contribution in [0.4, 0.5) is 11.8 Å². The van der Waals surface area contributed by atoms with E-state index in [1.54, 1.807) is 6.07 Å². The standard InChI is InChI=1S/C19H19N5/c20-18-11-14(22-19(21)24-18)10-13-5-3-7-17-15(13)9-8-12-4-1-2-6-16(12)23-17/h1-4,6-8,11,13H,5,9-10H2,(H4,20,21,22,24). The Labute approximate surface area is 140 Å². The Morgan fingerprint density at radius 3 is 2.88 bits per heavy atom. The van der Waals surface area contributed by atoms with E-state index in [0.717, 1.165) is 36.0 Å². The number of benzene rings is 1. The molecular formula is C19H19N5. The molecule has 0 radical (unpaired) electrons. The minimum atomic E-state index is 0.232. The summed E-state index contributed by atoms with van der Waals surface area (Å²) in [6.07, 6.45) is 9.25. The third-order valence-electron chi connectivity index (χ3n) is 4.51. The first-order chi connectivity index (χ1) is 11.7. The number of rotatable bonds is 2. The van der Waals surface area contributed by atoms with Crippen molar-refractivity contribution in [2.45, 2.75) is 19.3 Å². The van der Waals surface area contributed by atoms with Gasteiger partial charge in [-0.15, -0.1) is 0 Å². The van der Waals surface area contributed by atoms with Crippen LogP contribution < -0.4 is 22.0 Å². The van der Waals surface area contributed by atoms with Gasteiger partial charge in [-0.3, -0.25) is 0 Å². The Morgan fingerprint density at radius 1 is 1.12 bits per heavy atom. The fourth-order valence-electron chi connectivity index (χ4n) is 3.40. The smallest absolute Gasteiger partial charge is 0.222 e. The maximum absolute atomic E-state index is 5.80. The summed E-state index contributed by atoms with van der Waals surface area (Å²) in [6, 6.07) is 10.1. The second kappa shape index (κ2) is 5.92. The highest BCUT2D eigenvalue weighted by Gasteiger charge is 2.21. The summed E-state index contributed by atoms with van der Waals surface area (Å²) < 4.78 is 0. The summed E-state index contributed by atoms with van der Waals surface area (Å²) in [5.74, 6) is 1.01. The van der Waals surface area contributed by atoms with Crippen LogP contribution in [0.2, 0.25) is 0 Å². The molecule has 0 saturated heterocycles. The van der Waals surface area contributed by atoms with Crippen LogP contribution >= 0.6 is 0 Å². The average Bonchev–Trinajstić information content (AvgIpc) is 2.73. The van der Waals surface area contributed by atoms with Crippen molar-refractivity contribution in [1.82, 2.24) is 9.97 Å². The molecule has 4 N–H and O–H groups in total. The molecule has 2 heterocycles. The number of hydrogen-bond acceptors (Lipinski definition) is 5. The van der Waals surface area contributed by atoms with Gasteiger partial charge in [-0.05, 0) is 48.1 Å². The quantitative estimate of drug-likeness (QED) is 0.878.